The quantitative estimate of drug-likeness (QED) is 0.881. The van der Waals surface area contributed by atoms with Crippen LogP contribution in [-0.4, -0.2) is 30.8 Å². The minimum Gasteiger partial charge on any atom is -0.345 e. The van der Waals surface area contributed by atoms with Crippen molar-refractivity contribution >= 4 is 23.6 Å². The first kappa shape index (κ1) is 16.5. The van der Waals surface area contributed by atoms with Crippen LogP contribution in [0.25, 0.3) is 6.08 Å². The van der Waals surface area contributed by atoms with E-state index >= 15 is 0 Å². The number of carbonyl (C=O) groups is 2. The number of aryl methyl sites for hydroxylation is 1. The fourth-order valence-corrected chi connectivity index (χ4v) is 2.04. The lowest BCUT2D eigenvalue weighted by atomic mass is 10.1. The van der Waals surface area contributed by atoms with E-state index in [1.165, 1.54) is 16.5 Å². The molecule has 0 aliphatic heterocycles. The molecule has 2 aromatic rings. The predicted molar refractivity (Wildman–Crippen MR) is 93.3 cm³/mol. The Kier molecular flexibility index (Phi) is 5.31. The fraction of sp³-hybridized carbons (Fsp3) is 0.158. The molecule has 0 heterocycles. The van der Waals surface area contributed by atoms with E-state index in [2.05, 4.69) is 5.32 Å². The number of carbonyl (C=O) groups excluding carboxylic acids is 2. The highest BCUT2D eigenvalue weighted by molar-refractivity contribution is 6.07. The highest BCUT2D eigenvalue weighted by Crippen LogP contribution is 2.16. The van der Waals surface area contributed by atoms with Crippen molar-refractivity contribution in [2.24, 2.45) is 0 Å². The molecule has 4 heteroatoms. The van der Waals surface area contributed by atoms with Gasteiger partial charge in [0.2, 0.25) is 5.91 Å². The van der Waals surface area contributed by atoms with Crippen LogP contribution >= 0.6 is 0 Å². The van der Waals surface area contributed by atoms with Crippen molar-refractivity contribution in [3.05, 3.63) is 71.3 Å². The summed E-state index contributed by atoms with van der Waals surface area (Å²) < 4.78 is 0. The van der Waals surface area contributed by atoms with E-state index < -0.39 is 0 Å². The largest absolute Gasteiger partial charge is 0.345 e. The molecule has 0 aliphatic carbocycles. The van der Waals surface area contributed by atoms with Crippen LogP contribution in [0.15, 0.2) is 54.6 Å². The topological polar surface area (TPSA) is 49.4 Å². The number of rotatable bonds is 4. The standard InChI is InChI=1S/C19H20N2O2/c1-14-8-10-15(11-9-14)12-13-18(22)20-17-7-5-4-6-16(17)19(23)21(2)3/h4-13H,1-3H3,(H,20,22). The SMILES string of the molecule is Cc1ccc(C=CC(=O)Nc2ccccc2C(=O)N(C)C)cc1. The molecule has 0 saturated heterocycles. The van der Waals surface area contributed by atoms with E-state index in [1.54, 1.807) is 44.4 Å². The van der Waals surface area contributed by atoms with Crippen molar-refractivity contribution in [3.63, 3.8) is 0 Å². The number of para-hydroxylation sites is 1. The van der Waals surface area contributed by atoms with Gasteiger partial charge in [0.1, 0.15) is 0 Å². The third-order valence-electron chi connectivity index (χ3n) is 3.33. The minimum atomic E-state index is -0.274. The second-order valence-corrected chi connectivity index (χ2v) is 5.48. The van der Waals surface area contributed by atoms with Gasteiger partial charge in [-0.25, -0.2) is 0 Å². The number of benzene rings is 2. The van der Waals surface area contributed by atoms with E-state index in [-0.39, 0.29) is 11.8 Å². The monoisotopic (exact) mass is 308 g/mol. The molecule has 0 spiro atoms. The van der Waals surface area contributed by atoms with Crippen molar-refractivity contribution in [1.82, 2.24) is 4.90 Å². The Labute approximate surface area is 136 Å². The Bertz CT molecular complexity index is 731. The van der Waals surface area contributed by atoms with Gasteiger partial charge in [-0.1, -0.05) is 42.0 Å². The predicted octanol–water partition coefficient (Wildman–Crippen LogP) is 3.35. The van der Waals surface area contributed by atoms with E-state index in [9.17, 15) is 9.59 Å². The zero-order valence-corrected chi connectivity index (χ0v) is 13.5. The van der Waals surface area contributed by atoms with Gasteiger partial charge >= 0.3 is 0 Å². The Balaban J connectivity index is 2.11. The number of hydrogen-bond donors (Lipinski definition) is 1. The molecule has 2 amide bonds. The maximum atomic E-state index is 12.1. The number of amides is 2. The molecule has 1 N–H and O–H groups in total. The molecule has 0 atom stereocenters. The summed E-state index contributed by atoms with van der Waals surface area (Å²) in [6.07, 6.45) is 3.20. The van der Waals surface area contributed by atoms with Crippen LogP contribution in [0.3, 0.4) is 0 Å². The molecule has 0 aliphatic rings. The summed E-state index contributed by atoms with van der Waals surface area (Å²) in [5, 5.41) is 2.75. The normalized spacial score (nSPS) is 10.6. The second kappa shape index (κ2) is 7.40. The van der Waals surface area contributed by atoms with Gasteiger partial charge in [0, 0.05) is 20.2 Å². The second-order valence-electron chi connectivity index (χ2n) is 5.48. The maximum absolute atomic E-state index is 12.1. The molecular formula is C19H20N2O2. The third kappa shape index (κ3) is 4.54. The zero-order chi connectivity index (χ0) is 16.8. The van der Waals surface area contributed by atoms with Crippen molar-refractivity contribution in [2.75, 3.05) is 19.4 Å². The molecule has 2 rings (SSSR count). The van der Waals surface area contributed by atoms with E-state index in [0.29, 0.717) is 11.3 Å². The average molecular weight is 308 g/mol. The third-order valence-corrected chi connectivity index (χ3v) is 3.33. The molecule has 0 aromatic heterocycles. The maximum Gasteiger partial charge on any atom is 0.255 e. The van der Waals surface area contributed by atoms with Crippen LogP contribution in [0.5, 0.6) is 0 Å². The molecule has 0 radical (unpaired) electrons. The Morgan fingerprint density at radius 3 is 2.30 bits per heavy atom. The van der Waals surface area contributed by atoms with Crippen LogP contribution in [0.1, 0.15) is 21.5 Å². The van der Waals surface area contributed by atoms with Gasteiger partial charge in [-0.3, -0.25) is 9.59 Å². The van der Waals surface area contributed by atoms with Crippen molar-refractivity contribution in [2.45, 2.75) is 6.92 Å². The number of anilines is 1. The molecule has 0 saturated carbocycles. The van der Waals surface area contributed by atoms with Gasteiger partial charge in [0.25, 0.3) is 5.91 Å². The number of nitrogens with zero attached hydrogens (tertiary/aromatic N) is 1. The molecular weight excluding hydrogens is 288 g/mol. The first-order valence-corrected chi connectivity index (χ1v) is 7.34. The van der Waals surface area contributed by atoms with Gasteiger partial charge in [-0.15, -0.1) is 0 Å². The highest BCUT2D eigenvalue weighted by atomic mass is 16.2. The zero-order valence-electron chi connectivity index (χ0n) is 13.5. The van der Waals surface area contributed by atoms with E-state index in [0.717, 1.165) is 5.56 Å². The minimum absolute atomic E-state index is 0.150. The fourth-order valence-electron chi connectivity index (χ4n) is 2.04. The first-order chi connectivity index (χ1) is 11.0. The highest BCUT2D eigenvalue weighted by Gasteiger charge is 2.13. The molecule has 0 fully saturated rings. The van der Waals surface area contributed by atoms with Crippen LogP contribution in [0.4, 0.5) is 5.69 Å². The van der Waals surface area contributed by atoms with Crippen molar-refractivity contribution < 1.29 is 9.59 Å². The van der Waals surface area contributed by atoms with Gasteiger partial charge in [0.15, 0.2) is 0 Å². The van der Waals surface area contributed by atoms with Gasteiger partial charge in [-0.2, -0.15) is 0 Å². The van der Waals surface area contributed by atoms with E-state index in [1.807, 2.05) is 31.2 Å². The Morgan fingerprint density at radius 1 is 1.00 bits per heavy atom. The summed E-state index contributed by atoms with van der Waals surface area (Å²) in [5.74, 6) is -0.423. The summed E-state index contributed by atoms with van der Waals surface area (Å²) in [7, 11) is 3.36. The summed E-state index contributed by atoms with van der Waals surface area (Å²) in [4.78, 5) is 25.7. The summed E-state index contributed by atoms with van der Waals surface area (Å²) >= 11 is 0. The van der Waals surface area contributed by atoms with Crippen molar-refractivity contribution in [1.29, 1.82) is 0 Å². The van der Waals surface area contributed by atoms with Gasteiger partial charge in [-0.05, 0) is 30.7 Å². The number of nitrogens with one attached hydrogen (secondary N) is 1. The van der Waals surface area contributed by atoms with Crippen LogP contribution in [0, 0.1) is 6.92 Å². The Hall–Kier alpha value is -2.88. The average Bonchev–Trinajstić information content (AvgIpc) is 2.54. The first-order valence-electron chi connectivity index (χ1n) is 7.34. The molecule has 118 valence electrons. The molecule has 0 bridgehead atoms. The Morgan fingerprint density at radius 2 is 1.65 bits per heavy atom. The molecule has 4 nitrogen and oxygen atoms in total. The van der Waals surface area contributed by atoms with Gasteiger partial charge in [0.05, 0.1) is 11.3 Å². The summed E-state index contributed by atoms with van der Waals surface area (Å²) in [5.41, 5.74) is 3.09. The summed E-state index contributed by atoms with van der Waals surface area (Å²) in [6, 6.07) is 14.8. The number of hydrogen-bond acceptors (Lipinski definition) is 2. The van der Waals surface area contributed by atoms with Crippen LogP contribution in [-0.2, 0) is 4.79 Å². The lowest BCUT2D eigenvalue weighted by Gasteiger charge is -2.14. The summed E-state index contributed by atoms with van der Waals surface area (Å²) in [6.45, 7) is 2.01. The lowest BCUT2D eigenvalue weighted by molar-refractivity contribution is -0.111. The van der Waals surface area contributed by atoms with Gasteiger partial charge < -0.3 is 10.2 Å². The smallest absolute Gasteiger partial charge is 0.255 e. The van der Waals surface area contributed by atoms with Crippen LogP contribution < -0.4 is 5.32 Å². The molecule has 0 unspecified atom stereocenters. The van der Waals surface area contributed by atoms with Crippen LogP contribution in [0.2, 0.25) is 0 Å². The molecule has 23 heavy (non-hydrogen) atoms. The molecule has 2 aromatic carbocycles. The lowest BCUT2D eigenvalue weighted by Crippen LogP contribution is -2.23. The van der Waals surface area contributed by atoms with E-state index in [4.69, 9.17) is 0 Å². The van der Waals surface area contributed by atoms with Crippen molar-refractivity contribution in [3.8, 4) is 0 Å².